The molecule has 0 saturated heterocycles. The smallest absolute Gasteiger partial charge is 0.268 e. The highest BCUT2D eigenvalue weighted by Gasteiger charge is 2.24. The van der Waals surface area contributed by atoms with Crippen molar-refractivity contribution < 1.29 is 32.9 Å². The Morgan fingerprint density at radius 1 is 0.415 bits per heavy atom. The van der Waals surface area contributed by atoms with Crippen molar-refractivity contribution in [2.24, 2.45) is 0 Å². The largest absolute Gasteiger partial charge is 0.756 e. The summed E-state index contributed by atoms with van der Waals surface area (Å²) >= 11 is 0. The minimum absolute atomic E-state index is 0.0160. The second kappa shape index (κ2) is 64.7. The fourth-order valence-electron chi connectivity index (χ4n) is 11.7. The fraction of sp³-hybridized carbons (Fsp3) is 0.959. The van der Waals surface area contributed by atoms with E-state index in [1.54, 1.807) is 0 Å². The first-order valence-electron chi connectivity index (χ1n) is 37.0. The molecule has 0 spiro atoms. The Morgan fingerprint density at radius 2 is 0.671 bits per heavy atom. The van der Waals surface area contributed by atoms with Gasteiger partial charge in [0.05, 0.1) is 39.9 Å². The highest BCUT2D eigenvalue weighted by atomic mass is 31.2. The molecule has 0 aliphatic heterocycles. The molecule has 3 atom stereocenters. The number of phosphoric acid groups is 1. The zero-order valence-corrected chi connectivity index (χ0v) is 57.1. The van der Waals surface area contributed by atoms with Gasteiger partial charge in [-0.25, -0.2) is 0 Å². The SMILES string of the molecule is CCCCCCCCCC/C=C\CCCCCCCCCCCCCCCCCCCCCC(=O)NC(COP(=O)([O-])OCC[N+](C)(C)C)C(O)CCCCCCCCCCCCCCCCCCCCCCCCCCCCCCC. The van der Waals surface area contributed by atoms with Gasteiger partial charge in [-0.3, -0.25) is 9.36 Å². The molecular weight excluding hydrogens is 1030 g/mol. The summed E-state index contributed by atoms with van der Waals surface area (Å²) in [4.78, 5) is 25.7. The molecule has 490 valence electrons. The van der Waals surface area contributed by atoms with Crippen LogP contribution in [0.1, 0.15) is 399 Å². The van der Waals surface area contributed by atoms with Gasteiger partial charge < -0.3 is 28.8 Å². The lowest BCUT2D eigenvalue weighted by molar-refractivity contribution is -0.870. The van der Waals surface area contributed by atoms with Crippen molar-refractivity contribution in [3.05, 3.63) is 12.2 Å². The summed E-state index contributed by atoms with van der Waals surface area (Å²) in [6.07, 6.45) is 83.1. The van der Waals surface area contributed by atoms with E-state index in [9.17, 15) is 19.4 Å². The maximum absolute atomic E-state index is 13.1. The number of phosphoric ester groups is 1. The minimum Gasteiger partial charge on any atom is -0.756 e. The molecular formula is C73H147N2O6P. The number of allylic oxidation sites excluding steroid dienone is 2. The molecule has 0 bridgehead atoms. The third-order valence-corrected chi connectivity index (χ3v) is 18.5. The summed E-state index contributed by atoms with van der Waals surface area (Å²) in [6, 6.07) is -0.799. The highest BCUT2D eigenvalue weighted by Crippen LogP contribution is 2.38. The fourth-order valence-corrected chi connectivity index (χ4v) is 12.5. The van der Waals surface area contributed by atoms with Crippen LogP contribution in [0.3, 0.4) is 0 Å². The third kappa shape index (κ3) is 66.8. The van der Waals surface area contributed by atoms with Gasteiger partial charge in [-0.1, -0.05) is 366 Å². The Balaban J connectivity index is 3.96. The van der Waals surface area contributed by atoms with E-state index in [-0.39, 0.29) is 19.1 Å². The van der Waals surface area contributed by atoms with Crippen LogP contribution in [-0.2, 0) is 18.4 Å². The lowest BCUT2D eigenvalue weighted by atomic mass is 10.0. The molecule has 1 amide bonds. The average molecular weight is 1180 g/mol. The molecule has 0 rings (SSSR count). The Labute approximate surface area is 513 Å². The van der Waals surface area contributed by atoms with Crippen LogP contribution in [0.5, 0.6) is 0 Å². The second-order valence-corrected chi connectivity index (χ2v) is 28.4. The van der Waals surface area contributed by atoms with Gasteiger partial charge in [0, 0.05) is 6.42 Å². The lowest BCUT2D eigenvalue weighted by Crippen LogP contribution is -2.46. The summed E-state index contributed by atoms with van der Waals surface area (Å²) in [5, 5.41) is 14.1. The van der Waals surface area contributed by atoms with E-state index in [4.69, 9.17) is 9.05 Å². The zero-order chi connectivity index (χ0) is 59.8. The number of aliphatic hydroxyl groups is 1. The summed E-state index contributed by atoms with van der Waals surface area (Å²) in [5.41, 5.74) is 0. The Kier molecular flexibility index (Phi) is 64.1. The maximum atomic E-state index is 13.1. The monoisotopic (exact) mass is 1180 g/mol. The van der Waals surface area contributed by atoms with Gasteiger partial charge in [0.1, 0.15) is 13.2 Å². The molecule has 3 unspecified atom stereocenters. The normalized spacial score (nSPS) is 13.6. The Bertz CT molecular complexity index is 1340. The third-order valence-electron chi connectivity index (χ3n) is 17.5. The quantitative estimate of drug-likeness (QED) is 0.0272. The number of carbonyl (C=O) groups excluding carboxylic acids is 1. The minimum atomic E-state index is -4.58. The number of rotatable bonds is 70. The number of hydrogen-bond donors (Lipinski definition) is 2. The summed E-state index contributed by atoms with van der Waals surface area (Å²) in [7, 11) is 1.33. The number of carbonyl (C=O) groups is 1. The molecule has 0 saturated carbocycles. The van der Waals surface area contributed by atoms with E-state index >= 15 is 0 Å². The maximum Gasteiger partial charge on any atom is 0.268 e. The average Bonchev–Trinajstić information content (AvgIpc) is 3.47. The van der Waals surface area contributed by atoms with Crippen molar-refractivity contribution in [3.63, 3.8) is 0 Å². The topological polar surface area (TPSA) is 108 Å². The number of nitrogens with zero attached hydrogens (tertiary/aromatic N) is 1. The summed E-state index contributed by atoms with van der Waals surface area (Å²) < 4.78 is 23.6. The van der Waals surface area contributed by atoms with Gasteiger partial charge in [-0.2, -0.15) is 0 Å². The zero-order valence-electron chi connectivity index (χ0n) is 56.2. The molecule has 0 radical (unpaired) electrons. The van der Waals surface area contributed by atoms with Crippen molar-refractivity contribution in [1.82, 2.24) is 5.32 Å². The highest BCUT2D eigenvalue weighted by molar-refractivity contribution is 7.45. The van der Waals surface area contributed by atoms with Crippen molar-refractivity contribution >= 4 is 13.7 Å². The van der Waals surface area contributed by atoms with Gasteiger partial charge >= 0.3 is 0 Å². The van der Waals surface area contributed by atoms with Gasteiger partial charge in [0.15, 0.2) is 0 Å². The molecule has 0 aromatic heterocycles. The molecule has 0 aliphatic rings. The first-order valence-corrected chi connectivity index (χ1v) is 38.5. The van der Waals surface area contributed by atoms with Crippen molar-refractivity contribution in [3.8, 4) is 0 Å². The van der Waals surface area contributed by atoms with Gasteiger partial charge in [0.25, 0.3) is 7.82 Å². The molecule has 9 heteroatoms. The van der Waals surface area contributed by atoms with Crippen molar-refractivity contribution in [2.45, 2.75) is 411 Å². The predicted octanol–water partition coefficient (Wildman–Crippen LogP) is 23.0. The van der Waals surface area contributed by atoms with E-state index in [0.29, 0.717) is 23.9 Å². The Hall–Kier alpha value is -0.760. The lowest BCUT2D eigenvalue weighted by Gasteiger charge is -2.30. The van der Waals surface area contributed by atoms with Gasteiger partial charge in [-0.15, -0.1) is 0 Å². The van der Waals surface area contributed by atoms with Crippen LogP contribution in [-0.4, -0.2) is 68.5 Å². The predicted molar refractivity (Wildman–Crippen MR) is 358 cm³/mol. The Morgan fingerprint density at radius 3 is 0.951 bits per heavy atom. The van der Waals surface area contributed by atoms with Crippen LogP contribution in [0.2, 0.25) is 0 Å². The number of unbranched alkanes of at least 4 members (excludes halogenated alkanes) is 55. The first kappa shape index (κ1) is 81.2. The number of amides is 1. The van der Waals surface area contributed by atoms with E-state index in [2.05, 4.69) is 31.3 Å². The van der Waals surface area contributed by atoms with E-state index in [1.807, 2.05) is 21.1 Å². The van der Waals surface area contributed by atoms with E-state index < -0.39 is 20.0 Å². The van der Waals surface area contributed by atoms with Crippen LogP contribution >= 0.6 is 7.82 Å². The number of nitrogens with one attached hydrogen (secondary N) is 1. The first-order chi connectivity index (χ1) is 40.0. The van der Waals surface area contributed by atoms with E-state index in [0.717, 1.165) is 38.5 Å². The number of hydrogen-bond acceptors (Lipinski definition) is 6. The van der Waals surface area contributed by atoms with Crippen LogP contribution < -0.4 is 10.2 Å². The molecule has 8 nitrogen and oxygen atoms in total. The van der Waals surface area contributed by atoms with Gasteiger partial charge in [0.2, 0.25) is 5.91 Å². The number of quaternary nitrogens is 1. The number of aliphatic hydroxyl groups excluding tert-OH is 1. The van der Waals surface area contributed by atoms with Crippen molar-refractivity contribution in [1.29, 1.82) is 0 Å². The molecule has 0 aromatic rings. The molecule has 0 heterocycles. The molecule has 0 aromatic carbocycles. The molecule has 82 heavy (non-hydrogen) atoms. The molecule has 2 N–H and O–H groups in total. The molecule has 0 aliphatic carbocycles. The van der Waals surface area contributed by atoms with Gasteiger partial charge in [-0.05, 0) is 38.5 Å². The van der Waals surface area contributed by atoms with Crippen molar-refractivity contribution in [2.75, 3.05) is 40.9 Å². The standard InChI is InChI=1S/C73H147N2O6P/c1-6-8-10-12-14-16-18-20-22-24-26-28-30-32-34-36-37-39-41-43-45-47-49-51-53-55-57-59-61-63-65-67-73(77)74-71(70-81-82(78,79)80-69-68-75(3,4)5)72(76)66-64-62-60-58-56-54-52-50-48-46-44-42-40-38-35-33-31-29-27-25-23-21-19-17-15-13-11-9-7-2/h24,26,71-72,76H,6-23,25,27-70H2,1-5H3,(H-,74,77,78,79)/b26-24-. The van der Waals surface area contributed by atoms with Crippen LogP contribution in [0.25, 0.3) is 0 Å². The molecule has 0 fully saturated rings. The summed E-state index contributed by atoms with van der Waals surface area (Å²) in [6.45, 7) is 4.80. The summed E-state index contributed by atoms with van der Waals surface area (Å²) in [5.74, 6) is -0.154. The van der Waals surface area contributed by atoms with Crippen LogP contribution in [0.15, 0.2) is 12.2 Å². The van der Waals surface area contributed by atoms with Crippen LogP contribution in [0, 0.1) is 0 Å². The van der Waals surface area contributed by atoms with Crippen LogP contribution in [0.4, 0.5) is 0 Å². The number of likely N-dealkylation sites (N-methyl/N-ethyl adjacent to an activating group) is 1. The van der Waals surface area contributed by atoms with E-state index in [1.165, 1.54) is 334 Å². The second-order valence-electron chi connectivity index (χ2n) is 27.0.